The summed E-state index contributed by atoms with van der Waals surface area (Å²) in [6, 6.07) is -0.344. The van der Waals surface area contributed by atoms with E-state index < -0.39 is 5.97 Å². The van der Waals surface area contributed by atoms with Crippen molar-refractivity contribution in [2.75, 3.05) is 13.2 Å². The first-order valence-electron chi connectivity index (χ1n) is 6.28. The van der Waals surface area contributed by atoms with Crippen molar-refractivity contribution >= 4 is 12.0 Å². The number of aliphatic hydroxyl groups excluding tert-OH is 1. The Kier molecular flexibility index (Phi) is 8.11. The summed E-state index contributed by atoms with van der Waals surface area (Å²) >= 11 is 0. The van der Waals surface area contributed by atoms with Crippen LogP contribution in [0.3, 0.4) is 0 Å². The lowest BCUT2D eigenvalue weighted by Gasteiger charge is -2.28. The highest BCUT2D eigenvalue weighted by Gasteiger charge is 2.18. The van der Waals surface area contributed by atoms with Gasteiger partial charge in [0.1, 0.15) is 0 Å². The highest BCUT2D eigenvalue weighted by atomic mass is 16.4. The number of aliphatic hydroxyl groups is 1. The largest absolute Gasteiger partial charge is 0.481 e. The fourth-order valence-corrected chi connectivity index (χ4v) is 1.54. The number of carbonyl (C=O) groups is 2. The van der Waals surface area contributed by atoms with Gasteiger partial charge in [-0.1, -0.05) is 0 Å². The number of carbonyl (C=O) groups excluding carboxylic acids is 1. The third kappa shape index (κ3) is 7.11. The number of amides is 2. The standard InChI is InChI=1S/C12H24N2O4/c1-9(2)14(7-4-8-15)12(18)13-10(3)5-6-11(16)17/h9-10,15H,4-8H2,1-3H3,(H,13,18)(H,16,17). The van der Waals surface area contributed by atoms with Crippen LogP contribution in [0.2, 0.25) is 0 Å². The molecule has 0 heterocycles. The smallest absolute Gasteiger partial charge is 0.317 e. The molecule has 0 aliphatic rings. The average molecular weight is 260 g/mol. The summed E-state index contributed by atoms with van der Waals surface area (Å²) in [5, 5.41) is 20.1. The van der Waals surface area contributed by atoms with Gasteiger partial charge in [0.15, 0.2) is 0 Å². The Morgan fingerprint density at radius 3 is 2.33 bits per heavy atom. The summed E-state index contributed by atoms with van der Waals surface area (Å²) in [5.74, 6) is -0.864. The molecule has 3 N–H and O–H groups in total. The first kappa shape index (κ1) is 16.7. The number of hydrogen-bond donors (Lipinski definition) is 3. The van der Waals surface area contributed by atoms with Crippen LogP contribution in [0.15, 0.2) is 0 Å². The molecular weight excluding hydrogens is 236 g/mol. The van der Waals surface area contributed by atoms with E-state index in [1.807, 2.05) is 13.8 Å². The molecule has 0 fully saturated rings. The fraction of sp³-hybridized carbons (Fsp3) is 0.833. The van der Waals surface area contributed by atoms with E-state index in [2.05, 4.69) is 5.32 Å². The van der Waals surface area contributed by atoms with Crippen molar-refractivity contribution in [1.29, 1.82) is 0 Å². The highest BCUT2D eigenvalue weighted by Crippen LogP contribution is 2.03. The van der Waals surface area contributed by atoms with Gasteiger partial charge in [0.25, 0.3) is 0 Å². The Balaban J connectivity index is 4.19. The van der Waals surface area contributed by atoms with Gasteiger partial charge >= 0.3 is 12.0 Å². The molecule has 2 amide bonds. The predicted octanol–water partition coefficient (Wildman–Crippen LogP) is 1.04. The molecule has 0 aromatic rings. The zero-order chi connectivity index (χ0) is 14.1. The van der Waals surface area contributed by atoms with Gasteiger partial charge < -0.3 is 20.4 Å². The number of urea groups is 1. The van der Waals surface area contributed by atoms with Crippen molar-refractivity contribution in [3.05, 3.63) is 0 Å². The topological polar surface area (TPSA) is 89.9 Å². The van der Waals surface area contributed by atoms with Gasteiger partial charge in [-0.3, -0.25) is 4.79 Å². The molecule has 0 spiro atoms. The molecule has 0 radical (unpaired) electrons. The molecule has 0 rings (SSSR count). The molecule has 0 saturated carbocycles. The van der Waals surface area contributed by atoms with Crippen LogP contribution in [0.4, 0.5) is 4.79 Å². The van der Waals surface area contributed by atoms with Crippen LogP contribution in [0.25, 0.3) is 0 Å². The molecule has 0 saturated heterocycles. The van der Waals surface area contributed by atoms with Crippen molar-refractivity contribution in [3.8, 4) is 0 Å². The zero-order valence-electron chi connectivity index (χ0n) is 11.3. The van der Waals surface area contributed by atoms with E-state index in [0.29, 0.717) is 19.4 Å². The lowest BCUT2D eigenvalue weighted by atomic mass is 10.2. The lowest BCUT2D eigenvalue weighted by Crippen LogP contribution is -2.47. The maximum absolute atomic E-state index is 11.9. The number of carboxylic acid groups (broad SMARTS) is 1. The molecule has 1 atom stereocenters. The quantitative estimate of drug-likeness (QED) is 0.608. The van der Waals surface area contributed by atoms with Crippen LogP contribution in [0, 0.1) is 0 Å². The summed E-state index contributed by atoms with van der Waals surface area (Å²) < 4.78 is 0. The van der Waals surface area contributed by atoms with E-state index in [-0.39, 0.29) is 31.1 Å². The summed E-state index contributed by atoms with van der Waals surface area (Å²) in [7, 11) is 0. The van der Waals surface area contributed by atoms with Crippen molar-refractivity contribution in [2.45, 2.75) is 52.1 Å². The van der Waals surface area contributed by atoms with Gasteiger partial charge in [0, 0.05) is 31.7 Å². The Morgan fingerprint density at radius 2 is 1.89 bits per heavy atom. The van der Waals surface area contributed by atoms with Crippen molar-refractivity contribution < 1.29 is 19.8 Å². The van der Waals surface area contributed by atoms with E-state index >= 15 is 0 Å². The molecule has 0 aromatic carbocycles. The minimum absolute atomic E-state index is 0.0414. The number of nitrogens with one attached hydrogen (secondary N) is 1. The van der Waals surface area contributed by atoms with Crippen LogP contribution in [0.1, 0.15) is 40.0 Å². The Labute approximate surface area is 108 Å². The van der Waals surface area contributed by atoms with Gasteiger partial charge in [-0.25, -0.2) is 4.79 Å². The van der Waals surface area contributed by atoms with E-state index in [9.17, 15) is 9.59 Å². The Bertz CT molecular complexity index is 269. The second kappa shape index (κ2) is 8.74. The van der Waals surface area contributed by atoms with Gasteiger partial charge in [0.2, 0.25) is 0 Å². The van der Waals surface area contributed by atoms with Gasteiger partial charge in [-0.2, -0.15) is 0 Å². The molecule has 6 heteroatoms. The van der Waals surface area contributed by atoms with E-state index in [0.717, 1.165) is 0 Å². The number of rotatable bonds is 8. The number of nitrogens with zero attached hydrogens (tertiary/aromatic N) is 1. The Hall–Kier alpha value is -1.30. The summed E-state index contributed by atoms with van der Waals surface area (Å²) in [6.45, 7) is 6.12. The third-order valence-corrected chi connectivity index (χ3v) is 2.60. The molecule has 6 nitrogen and oxygen atoms in total. The number of aliphatic carboxylic acids is 1. The summed E-state index contributed by atoms with van der Waals surface area (Å²) in [5.41, 5.74) is 0. The monoisotopic (exact) mass is 260 g/mol. The van der Waals surface area contributed by atoms with Gasteiger partial charge in [-0.15, -0.1) is 0 Å². The zero-order valence-corrected chi connectivity index (χ0v) is 11.3. The normalized spacial score (nSPS) is 12.3. The number of carboxylic acids is 1. The molecule has 0 aliphatic heterocycles. The minimum atomic E-state index is -0.864. The van der Waals surface area contributed by atoms with Crippen molar-refractivity contribution in [2.24, 2.45) is 0 Å². The molecule has 0 aromatic heterocycles. The SMILES string of the molecule is CC(CCC(=O)O)NC(=O)N(CCCO)C(C)C. The van der Waals surface area contributed by atoms with E-state index in [1.54, 1.807) is 11.8 Å². The van der Waals surface area contributed by atoms with Crippen LogP contribution >= 0.6 is 0 Å². The van der Waals surface area contributed by atoms with Gasteiger partial charge in [-0.05, 0) is 33.6 Å². The van der Waals surface area contributed by atoms with E-state index in [1.165, 1.54) is 0 Å². The van der Waals surface area contributed by atoms with Crippen molar-refractivity contribution in [1.82, 2.24) is 10.2 Å². The maximum atomic E-state index is 11.9. The lowest BCUT2D eigenvalue weighted by molar-refractivity contribution is -0.137. The predicted molar refractivity (Wildman–Crippen MR) is 68.4 cm³/mol. The second-order valence-electron chi connectivity index (χ2n) is 4.65. The summed E-state index contributed by atoms with van der Waals surface area (Å²) in [4.78, 5) is 24.0. The van der Waals surface area contributed by atoms with Gasteiger partial charge in [0.05, 0.1) is 0 Å². The van der Waals surface area contributed by atoms with Crippen LogP contribution in [-0.4, -0.2) is 52.3 Å². The second-order valence-corrected chi connectivity index (χ2v) is 4.65. The van der Waals surface area contributed by atoms with Crippen molar-refractivity contribution in [3.63, 3.8) is 0 Å². The van der Waals surface area contributed by atoms with Crippen LogP contribution in [0.5, 0.6) is 0 Å². The summed E-state index contributed by atoms with van der Waals surface area (Å²) in [6.07, 6.45) is 0.988. The molecular formula is C12H24N2O4. The van der Waals surface area contributed by atoms with Crippen LogP contribution < -0.4 is 5.32 Å². The molecule has 0 bridgehead atoms. The first-order valence-corrected chi connectivity index (χ1v) is 6.28. The third-order valence-electron chi connectivity index (χ3n) is 2.60. The highest BCUT2D eigenvalue weighted by molar-refractivity contribution is 5.75. The minimum Gasteiger partial charge on any atom is -0.481 e. The maximum Gasteiger partial charge on any atom is 0.317 e. The van der Waals surface area contributed by atoms with Crippen LogP contribution in [-0.2, 0) is 4.79 Å². The number of hydrogen-bond acceptors (Lipinski definition) is 3. The van der Waals surface area contributed by atoms with E-state index in [4.69, 9.17) is 10.2 Å². The molecule has 0 aliphatic carbocycles. The fourth-order valence-electron chi connectivity index (χ4n) is 1.54. The molecule has 106 valence electrons. The first-order chi connectivity index (χ1) is 8.38. The molecule has 1 unspecified atom stereocenters. The molecule has 18 heavy (non-hydrogen) atoms. The Morgan fingerprint density at radius 1 is 1.28 bits per heavy atom. The average Bonchev–Trinajstić information content (AvgIpc) is 2.26.